The third-order valence-electron chi connectivity index (χ3n) is 4.84. The Morgan fingerprint density at radius 1 is 1.09 bits per heavy atom. The maximum Gasteiger partial charge on any atom is 0.0667 e. The molecule has 2 fully saturated rings. The van der Waals surface area contributed by atoms with Gasteiger partial charge < -0.3 is 5.11 Å². The summed E-state index contributed by atoms with van der Waals surface area (Å²) in [6, 6.07) is 0.606. The maximum atomic E-state index is 9.83. The summed E-state index contributed by atoms with van der Waals surface area (Å²) in [5, 5.41) is 11.1. The van der Waals surface area contributed by atoms with Gasteiger partial charge in [-0.3, -0.25) is 14.8 Å². The molecule has 3 rings (SSSR count). The first-order valence-corrected chi connectivity index (χ1v) is 8.81. The standard InChI is InChI=1S/C16H23Cl2N3O/c17-15-8-19-9-16(18)14(15)11-20-6-3-12(4-7-20)21-5-1-2-13(22)10-21/h8-9,12-13,22H,1-7,10-11H2. The Balaban J connectivity index is 1.53. The number of β-amino-alcohol motifs (C(OH)–C–C–N with tert-alkyl or cyclic N) is 1. The van der Waals surface area contributed by atoms with Crippen LogP contribution in [0.2, 0.25) is 10.0 Å². The summed E-state index contributed by atoms with van der Waals surface area (Å²) in [5.74, 6) is 0. The first-order valence-electron chi connectivity index (χ1n) is 8.06. The van der Waals surface area contributed by atoms with Crippen LogP contribution in [0.4, 0.5) is 0 Å². The molecule has 1 unspecified atom stereocenters. The number of nitrogens with zero attached hydrogens (tertiary/aromatic N) is 3. The van der Waals surface area contributed by atoms with Gasteiger partial charge in [-0.2, -0.15) is 0 Å². The molecule has 0 bridgehead atoms. The fraction of sp³-hybridized carbons (Fsp3) is 0.688. The summed E-state index contributed by atoms with van der Waals surface area (Å²) >= 11 is 12.4. The highest BCUT2D eigenvalue weighted by molar-refractivity contribution is 6.35. The van der Waals surface area contributed by atoms with Crippen LogP contribution in [0.5, 0.6) is 0 Å². The molecule has 1 N–H and O–H groups in total. The van der Waals surface area contributed by atoms with Crippen LogP contribution in [0.15, 0.2) is 12.4 Å². The molecule has 1 aromatic rings. The molecule has 1 atom stereocenters. The van der Waals surface area contributed by atoms with Gasteiger partial charge in [-0.15, -0.1) is 0 Å². The van der Waals surface area contributed by atoms with Crippen LogP contribution in [-0.4, -0.2) is 58.2 Å². The van der Waals surface area contributed by atoms with E-state index in [0.717, 1.165) is 64.0 Å². The number of likely N-dealkylation sites (tertiary alicyclic amines) is 2. The minimum absolute atomic E-state index is 0.138. The molecule has 0 saturated carbocycles. The monoisotopic (exact) mass is 343 g/mol. The average molecular weight is 344 g/mol. The number of piperidine rings is 2. The number of pyridine rings is 1. The van der Waals surface area contributed by atoms with Crippen molar-refractivity contribution in [1.82, 2.24) is 14.8 Å². The highest BCUT2D eigenvalue weighted by Gasteiger charge is 2.28. The molecule has 2 saturated heterocycles. The molecule has 6 heteroatoms. The molecule has 1 aromatic heterocycles. The number of hydrogen-bond acceptors (Lipinski definition) is 4. The van der Waals surface area contributed by atoms with Crippen LogP contribution in [0.3, 0.4) is 0 Å². The average Bonchev–Trinajstić information content (AvgIpc) is 2.52. The van der Waals surface area contributed by atoms with Crippen LogP contribution >= 0.6 is 23.2 Å². The van der Waals surface area contributed by atoms with Gasteiger partial charge in [-0.1, -0.05) is 23.2 Å². The number of halogens is 2. The Morgan fingerprint density at radius 2 is 1.77 bits per heavy atom. The molecular formula is C16H23Cl2N3O. The van der Waals surface area contributed by atoms with E-state index in [1.54, 1.807) is 12.4 Å². The second-order valence-corrected chi connectivity index (χ2v) is 7.19. The molecule has 2 aliphatic rings. The lowest BCUT2D eigenvalue weighted by molar-refractivity contribution is 0.0243. The summed E-state index contributed by atoms with van der Waals surface area (Å²) < 4.78 is 0. The van der Waals surface area contributed by atoms with Gasteiger partial charge in [-0.05, 0) is 45.3 Å². The Hall–Kier alpha value is -0.390. The third kappa shape index (κ3) is 3.92. The predicted molar refractivity (Wildman–Crippen MR) is 89.4 cm³/mol. The Bertz CT molecular complexity index is 486. The molecule has 0 aliphatic carbocycles. The predicted octanol–water partition coefficient (Wildman–Crippen LogP) is 2.81. The van der Waals surface area contributed by atoms with Crippen molar-refractivity contribution in [3.8, 4) is 0 Å². The van der Waals surface area contributed by atoms with E-state index in [2.05, 4.69) is 14.8 Å². The zero-order valence-corrected chi connectivity index (χ0v) is 14.2. The minimum atomic E-state index is -0.138. The summed E-state index contributed by atoms with van der Waals surface area (Å²) in [6.07, 6.45) is 7.54. The van der Waals surface area contributed by atoms with Crippen molar-refractivity contribution in [3.63, 3.8) is 0 Å². The van der Waals surface area contributed by atoms with Crippen LogP contribution in [0.1, 0.15) is 31.2 Å². The molecule has 0 radical (unpaired) electrons. The largest absolute Gasteiger partial charge is 0.392 e. The van der Waals surface area contributed by atoms with Crippen molar-refractivity contribution < 1.29 is 5.11 Å². The highest BCUT2D eigenvalue weighted by Crippen LogP contribution is 2.27. The van der Waals surface area contributed by atoms with E-state index in [1.807, 2.05) is 0 Å². The van der Waals surface area contributed by atoms with Gasteiger partial charge in [0.05, 0.1) is 16.1 Å². The molecule has 0 amide bonds. The topological polar surface area (TPSA) is 39.6 Å². The van der Waals surface area contributed by atoms with E-state index >= 15 is 0 Å². The molecule has 22 heavy (non-hydrogen) atoms. The van der Waals surface area contributed by atoms with Crippen molar-refractivity contribution in [2.45, 2.75) is 44.4 Å². The quantitative estimate of drug-likeness (QED) is 0.915. The molecule has 0 aromatic carbocycles. The molecule has 3 heterocycles. The van der Waals surface area contributed by atoms with Gasteiger partial charge in [0.15, 0.2) is 0 Å². The fourth-order valence-electron chi connectivity index (χ4n) is 3.57. The van der Waals surface area contributed by atoms with Crippen molar-refractivity contribution in [1.29, 1.82) is 0 Å². The summed E-state index contributed by atoms with van der Waals surface area (Å²) in [6.45, 7) is 4.85. The number of aliphatic hydroxyl groups is 1. The van der Waals surface area contributed by atoms with Crippen molar-refractivity contribution in [2.24, 2.45) is 0 Å². The van der Waals surface area contributed by atoms with Gasteiger partial charge in [0.25, 0.3) is 0 Å². The molecule has 0 spiro atoms. The van der Waals surface area contributed by atoms with Gasteiger partial charge >= 0.3 is 0 Å². The summed E-state index contributed by atoms with van der Waals surface area (Å²) in [4.78, 5) is 8.88. The molecular weight excluding hydrogens is 321 g/mol. The number of rotatable bonds is 3. The van der Waals surface area contributed by atoms with Gasteiger partial charge in [0, 0.05) is 37.1 Å². The second kappa shape index (κ2) is 7.45. The third-order valence-corrected chi connectivity index (χ3v) is 5.49. The minimum Gasteiger partial charge on any atom is -0.392 e. The van der Waals surface area contributed by atoms with E-state index in [9.17, 15) is 5.11 Å². The van der Waals surface area contributed by atoms with Crippen molar-refractivity contribution >= 4 is 23.2 Å². The molecule has 4 nitrogen and oxygen atoms in total. The summed E-state index contributed by atoms with van der Waals surface area (Å²) in [7, 11) is 0. The summed E-state index contributed by atoms with van der Waals surface area (Å²) in [5.41, 5.74) is 0.977. The lowest BCUT2D eigenvalue weighted by Crippen LogP contribution is -2.49. The fourth-order valence-corrected chi connectivity index (χ4v) is 4.05. The van der Waals surface area contributed by atoms with E-state index in [-0.39, 0.29) is 6.10 Å². The van der Waals surface area contributed by atoms with Gasteiger partial charge in [0.2, 0.25) is 0 Å². The number of hydrogen-bond donors (Lipinski definition) is 1. The number of aliphatic hydroxyl groups excluding tert-OH is 1. The lowest BCUT2D eigenvalue weighted by Gasteiger charge is -2.41. The van der Waals surface area contributed by atoms with Crippen LogP contribution in [0.25, 0.3) is 0 Å². The maximum absolute atomic E-state index is 9.83. The SMILES string of the molecule is OC1CCCN(C2CCN(Cc3c(Cl)cncc3Cl)CC2)C1. The van der Waals surface area contributed by atoms with Gasteiger partial charge in [0.1, 0.15) is 0 Å². The van der Waals surface area contributed by atoms with Crippen molar-refractivity contribution in [3.05, 3.63) is 28.0 Å². The zero-order chi connectivity index (χ0) is 15.5. The smallest absolute Gasteiger partial charge is 0.0667 e. The van der Waals surface area contributed by atoms with Crippen LogP contribution in [-0.2, 0) is 6.54 Å². The molecule has 122 valence electrons. The van der Waals surface area contributed by atoms with E-state index in [4.69, 9.17) is 23.2 Å². The highest BCUT2D eigenvalue weighted by atomic mass is 35.5. The van der Waals surface area contributed by atoms with Crippen LogP contribution < -0.4 is 0 Å². The molecule has 2 aliphatic heterocycles. The van der Waals surface area contributed by atoms with E-state index < -0.39 is 0 Å². The Kier molecular flexibility index (Phi) is 5.58. The normalized spacial score (nSPS) is 25.5. The lowest BCUT2D eigenvalue weighted by atomic mass is 9.98. The second-order valence-electron chi connectivity index (χ2n) is 6.38. The first kappa shape index (κ1) is 16.5. The van der Waals surface area contributed by atoms with Gasteiger partial charge in [-0.25, -0.2) is 0 Å². The van der Waals surface area contributed by atoms with E-state index in [1.165, 1.54) is 0 Å². The number of aromatic nitrogens is 1. The zero-order valence-electron chi connectivity index (χ0n) is 12.7. The Labute approximate surface area is 142 Å². The van der Waals surface area contributed by atoms with E-state index in [0.29, 0.717) is 16.1 Å². The van der Waals surface area contributed by atoms with Crippen LogP contribution in [0, 0.1) is 0 Å². The first-order chi connectivity index (χ1) is 10.6. The Morgan fingerprint density at radius 3 is 2.41 bits per heavy atom. The van der Waals surface area contributed by atoms with Crippen molar-refractivity contribution in [2.75, 3.05) is 26.2 Å².